The number of para-hydroxylation sites is 1. The van der Waals surface area contributed by atoms with Gasteiger partial charge < -0.3 is 4.52 Å². The molecule has 3 rings (SSSR count). The van der Waals surface area contributed by atoms with Gasteiger partial charge in [0.05, 0.1) is 11.7 Å². The number of rotatable bonds is 1. The van der Waals surface area contributed by atoms with Gasteiger partial charge in [-0.05, 0) is 12.1 Å². The van der Waals surface area contributed by atoms with E-state index >= 15 is 0 Å². The van der Waals surface area contributed by atoms with Crippen molar-refractivity contribution in [2.45, 2.75) is 0 Å². The fraction of sp³-hybridized carbons (Fsp3) is 0.0714. The van der Waals surface area contributed by atoms with Crippen molar-refractivity contribution in [3.63, 3.8) is 0 Å². The van der Waals surface area contributed by atoms with Crippen LogP contribution >= 0.6 is 8.15 Å². The van der Waals surface area contributed by atoms with Crippen LogP contribution in [-0.4, -0.2) is 11.9 Å². The summed E-state index contributed by atoms with van der Waals surface area (Å²) in [7, 11) is -0.842. The Kier molecular flexibility index (Phi) is 2.66. The summed E-state index contributed by atoms with van der Waals surface area (Å²) < 4.78 is 5.93. The number of benzene rings is 2. The first-order valence-corrected chi connectivity index (χ1v) is 6.92. The predicted octanol–water partition coefficient (Wildman–Crippen LogP) is 2.98. The third-order valence-corrected chi connectivity index (χ3v) is 4.59. The minimum Gasteiger partial charge on any atom is -0.468 e. The van der Waals surface area contributed by atoms with Crippen LogP contribution in [0.15, 0.2) is 54.6 Å². The standard InChI is InChI=1S/C14H11O2P/c15-13-10-17(11-6-2-1-3-7-11)16-14-9-5-4-8-12(13)14/h1-9H,10H2. The molecule has 1 unspecified atom stereocenters. The smallest absolute Gasteiger partial charge is 0.174 e. The van der Waals surface area contributed by atoms with Crippen molar-refractivity contribution < 1.29 is 9.32 Å². The molecule has 84 valence electrons. The van der Waals surface area contributed by atoms with Gasteiger partial charge in [-0.25, -0.2) is 0 Å². The van der Waals surface area contributed by atoms with E-state index in [2.05, 4.69) is 0 Å². The lowest BCUT2D eigenvalue weighted by molar-refractivity contribution is 0.101. The molecule has 1 atom stereocenters. The number of ketones is 1. The number of hydrogen-bond donors (Lipinski definition) is 0. The molecule has 1 aliphatic rings. The van der Waals surface area contributed by atoms with Crippen molar-refractivity contribution in [1.29, 1.82) is 0 Å². The molecule has 0 radical (unpaired) electrons. The van der Waals surface area contributed by atoms with Crippen LogP contribution in [0.5, 0.6) is 5.75 Å². The average Bonchev–Trinajstić information content (AvgIpc) is 2.40. The summed E-state index contributed by atoms with van der Waals surface area (Å²) in [5, 5.41) is 1.12. The predicted molar refractivity (Wildman–Crippen MR) is 69.3 cm³/mol. The molecule has 0 aliphatic carbocycles. The first kappa shape index (κ1) is 10.5. The molecule has 0 bridgehead atoms. The van der Waals surface area contributed by atoms with Crippen LogP contribution in [-0.2, 0) is 0 Å². The lowest BCUT2D eigenvalue weighted by Crippen LogP contribution is -2.19. The second-order valence-electron chi connectivity index (χ2n) is 3.88. The highest BCUT2D eigenvalue weighted by Gasteiger charge is 2.27. The van der Waals surface area contributed by atoms with Gasteiger partial charge in [0.25, 0.3) is 0 Å². The number of carbonyl (C=O) groups is 1. The molecule has 0 spiro atoms. The summed E-state index contributed by atoms with van der Waals surface area (Å²) in [6.07, 6.45) is 0.482. The van der Waals surface area contributed by atoms with Crippen LogP contribution < -0.4 is 9.83 Å². The van der Waals surface area contributed by atoms with Gasteiger partial charge in [0, 0.05) is 5.30 Å². The number of Topliss-reactive ketones (excluding diaryl/α,β-unsaturated/α-hetero) is 1. The Bertz CT molecular complexity index is 551. The molecule has 17 heavy (non-hydrogen) atoms. The molecule has 0 N–H and O–H groups in total. The van der Waals surface area contributed by atoms with Crippen LogP contribution in [0.1, 0.15) is 10.4 Å². The van der Waals surface area contributed by atoms with Gasteiger partial charge in [-0.15, -0.1) is 0 Å². The van der Waals surface area contributed by atoms with Crippen molar-refractivity contribution in [2.24, 2.45) is 0 Å². The summed E-state index contributed by atoms with van der Waals surface area (Å²) in [5.41, 5.74) is 0.710. The maximum Gasteiger partial charge on any atom is 0.174 e. The topological polar surface area (TPSA) is 26.3 Å². The fourth-order valence-electron chi connectivity index (χ4n) is 1.88. The van der Waals surface area contributed by atoms with Gasteiger partial charge in [0.1, 0.15) is 13.9 Å². The lowest BCUT2D eigenvalue weighted by atomic mass is 10.1. The molecule has 3 heteroatoms. The Labute approximate surface area is 101 Å². The summed E-state index contributed by atoms with van der Waals surface area (Å²) in [5.74, 6) is 0.903. The Morgan fingerprint density at radius 2 is 1.65 bits per heavy atom. The van der Waals surface area contributed by atoms with E-state index in [0.29, 0.717) is 11.7 Å². The number of hydrogen-bond acceptors (Lipinski definition) is 2. The van der Waals surface area contributed by atoms with E-state index in [1.807, 2.05) is 54.6 Å². The van der Waals surface area contributed by atoms with Crippen molar-refractivity contribution in [3.05, 3.63) is 60.2 Å². The molecule has 0 aromatic heterocycles. The monoisotopic (exact) mass is 242 g/mol. The van der Waals surface area contributed by atoms with Crippen LogP contribution in [0.4, 0.5) is 0 Å². The molecule has 0 saturated carbocycles. The van der Waals surface area contributed by atoms with Gasteiger partial charge in [-0.3, -0.25) is 4.79 Å². The van der Waals surface area contributed by atoms with E-state index in [1.54, 1.807) is 0 Å². The van der Waals surface area contributed by atoms with E-state index in [-0.39, 0.29) is 5.78 Å². The minimum absolute atomic E-state index is 0.182. The first-order chi connectivity index (χ1) is 8.34. The number of carbonyl (C=O) groups excluding carboxylic acids is 1. The Hall–Kier alpha value is -1.66. The molecule has 2 aromatic rings. The van der Waals surface area contributed by atoms with Crippen molar-refractivity contribution >= 4 is 19.2 Å². The zero-order valence-corrected chi connectivity index (χ0v) is 10.1. The fourth-order valence-corrected chi connectivity index (χ4v) is 3.57. The van der Waals surface area contributed by atoms with Gasteiger partial charge in [-0.1, -0.05) is 42.5 Å². The number of fused-ring (bicyclic) bond motifs is 1. The van der Waals surface area contributed by atoms with Crippen LogP contribution in [0, 0.1) is 0 Å². The molecule has 0 saturated heterocycles. The van der Waals surface area contributed by atoms with Gasteiger partial charge in [-0.2, -0.15) is 0 Å². The van der Waals surface area contributed by atoms with E-state index in [9.17, 15) is 4.79 Å². The maximum absolute atomic E-state index is 12.0. The highest BCUT2D eigenvalue weighted by Crippen LogP contribution is 2.43. The quantitative estimate of drug-likeness (QED) is 0.718. The van der Waals surface area contributed by atoms with E-state index in [4.69, 9.17) is 4.52 Å². The Morgan fingerprint density at radius 3 is 2.47 bits per heavy atom. The zero-order chi connectivity index (χ0) is 11.7. The van der Waals surface area contributed by atoms with E-state index in [1.165, 1.54) is 0 Å². The Balaban J connectivity index is 1.97. The highest BCUT2D eigenvalue weighted by molar-refractivity contribution is 7.62. The third kappa shape index (κ3) is 1.96. The normalized spacial score (nSPS) is 18.4. The molecule has 1 aliphatic heterocycles. The Morgan fingerprint density at radius 1 is 0.941 bits per heavy atom. The summed E-state index contributed by atoms with van der Waals surface area (Å²) >= 11 is 0. The van der Waals surface area contributed by atoms with Crippen LogP contribution in [0.3, 0.4) is 0 Å². The van der Waals surface area contributed by atoms with Gasteiger partial charge in [0.15, 0.2) is 5.78 Å². The lowest BCUT2D eigenvalue weighted by Gasteiger charge is -2.24. The molecule has 2 nitrogen and oxygen atoms in total. The summed E-state index contributed by atoms with van der Waals surface area (Å²) in [4.78, 5) is 12.0. The minimum atomic E-state index is -0.842. The van der Waals surface area contributed by atoms with Crippen molar-refractivity contribution in [2.75, 3.05) is 6.16 Å². The largest absolute Gasteiger partial charge is 0.468 e. The molecular formula is C14H11O2P. The van der Waals surface area contributed by atoms with Crippen molar-refractivity contribution in [1.82, 2.24) is 0 Å². The van der Waals surface area contributed by atoms with Crippen LogP contribution in [0.2, 0.25) is 0 Å². The maximum atomic E-state index is 12.0. The highest BCUT2D eigenvalue weighted by atomic mass is 31.1. The first-order valence-electron chi connectivity index (χ1n) is 5.47. The molecular weight excluding hydrogens is 231 g/mol. The third-order valence-electron chi connectivity index (χ3n) is 2.73. The second kappa shape index (κ2) is 4.31. The van der Waals surface area contributed by atoms with E-state index in [0.717, 1.165) is 11.1 Å². The summed E-state index contributed by atoms with van der Waals surface area (Å²) in [6.45, 7) is 0. The summed E-state index contributed by atoms with van der Waals surface area (Å²) in [6, 6.07) is 17.4. The van der Waals surface area contributed by atoms with Gasteiger partial charge >= 0.3 is 0 Å². The van der Waals surface area contributed by atoms with Gasteiger partial charge in [0.2, 0.25) is 0 Å². The zero-order valence-electron chi connectivity index (χ0n) is 9.17. The second-order valence-corrected chi connectivity index (χ2v) is 5.65. The molecule has 2 aromatic carbocycles. The van der Waals surface area contributed by atoms with Crippen LogP contribution in [0.25, 0.3) is 0 Å². The molecule has 0 fully saturated rings. The SMILES string of the molecule is O=C1CP(c2ccccc2)Oc2ccccc21. The van der Waals surface area contributed by atoms with Crippen molar-refractivity contribution in [3.8, 4) is 5.75 Å². The molecule has 0 amide bonds. The van der Waals surface area contributed by atoms with E-state index < -0.39 is 8.15 Å². The average molecular weight is 242 g/mol. The molecule has 1 heterocycles.